The first-order valence-electron chi connectivity index (χ1n) is 3.18. The molecule has 0 aliphatic heterocycles. The van der Waals surface area contributed by atoms with E-state index in [1.54, 1.807) is 0 Å². The summed E-state index contributed by atoms with van der Waals surface area (Å²) in [6, 6.07) is 0. The van der Waals surface area contributed by atoms with E-state index in [0.717, 1.165) is 0 Å². The van der Waals surface area contributed by atoms with Crippen LogP contribution in [-0.4, -0.2) is 39.4 Å². The third-order valence-electron chi connectivity index (χ3n) is 1.64. The Bertz CT molecular complexity index is 145. The highest BCUT2D eigenvalue weighted by molar-refractivity contribution is 5.84. The molecular formula is C6H10O4. The Morgan fingerprint density at radius 3 is 2.40 bits per heavy atom. The second kappa shape index (κ2) is 2.65. The lowest BCUT2D eigenvalue weighted by molar-refractivity contribution is -0.142. The summed E-state index contributed by atoms with van der Waals surface area (Å²) in [7, 11) is 0. The van der Waals surface area contributed by atoms with E-state index < -0.39 is 24.1 Å². The van der Waals surface area contributed by atoms with Crippen LogP contribution >= 0.6 is 0 Å². The minimum Gasteiger partial charge on any atom is -0.393 e. The summed E-state index contributed by atoms with van der Waals surface area (Å²) < 4.78 is 0. The van der Waals surface area contributed by atoms with Gasteiger partial charge in [0.2, 0.25) is 0 Å². The summed E-state index contributed by atoms with van der Waals surface area (Å²) in [4.78, 5) is 10.6. The zero-order valence-electron chi connectivity index (χ0n) is 5.40. The Kier molecular flexibility index (Phi) is 2.03. The number of hydrogen-bond acceptors (Lipinski definition) is 4. The Morgan fingerprint density at radius 1 is 1.30 bits per heavy atom. The number of Topliss-reactive ketones (excluding diaryl/α,β-unsaturated/α-hetero) is 1. The van der Waals surface area contributed by atoms with Crippen molar-refractivity contribution in [2.75, 3.05) is 0 Å². The van der Waals surface area contributed by atoms with Crippen molar-refractivity contribution in [3.05, 3.63) is 0 Å². The number of ketones is 1. The zero-order valence-corrected chi connectivity index (χ0v) is 5.40. The molecule has 3 atom stereocenters. The van der Waals surface area contributed by atoms with Crippen LogP contribution in [0.3, 0.4) is 0 Å². The van der Waals surface area contributed by atoms with Crippen LogP contribution in [0.2, 0.25) is 0 Å². The van der Waals surface area contributed by atoms with Crippen LogP contribution in [-0.2, 0) is 4.79 Å². The average molecular weight is 146 g/mol. The van der Waals surface area contributed by atoms with Gasteiger partial charge in [0.1, 0.15) is 6.10 Å². The molecule has 4 heteroatoms. The van der Waals surface area contributed by atoms with Gasteiger partial charge in [-0.1, -0.05) is 0 Å². The van der Waals surface area contributed by atoms with Crippen LogP contribution in [0.5, 0.6) is 0 Å². The quantitative estimate of drug-likeness (QED) is 0.386. The molecule has 0 spiro atoms. The molecule has 58 valence electrons. The molecule has 0 saturated heterocycles. The molecule has 1 fully saturated rings. The summed E-state index contributed by atoms with van der Waals surface area (Å²) in [5.41, 5.74) is 0. The second-order valence-corrected chi connectivity index (χ2v) is 2.57. The molecule has 0 amide bonds. The number of aliphatic hydroxyl groups excluding tert-OH is 3. The maximum Gasteiger partial charge on any atom is 0.166 e. The van der Waals surface area contributed by atoms with Crippen molar-refractivity contribution in [2.24, 2.45) is 0 Å². The Morgan fingerprint density at radius 2 is 1.90 bits per heavy atom. The molecule has 1 aliphatic carbocycles. The van der Waals surface area contributed by atoms with E-state index in [-0.39, 0.29) is 12.8 Å². The van der Waals surface area contributed by atoms with E-state index in [1.165, 1.54) is 0 Å². The lowest BCUT2D eigenvalue weighted by atomic mass is 9.91. The minimum absolute atomic E-state index is 0.0434. The van der Waals surface area contributed by atoms with Crippen LogP contribution in [0.4, 0.5) is 0 Å². The van der Waals surface area contributed by atoms with Crippen molar-refractivity contribution in [2.45, 2.75) is 31.2 Å². The molecule has 0 aromatic heterocycles. The van der Waals surface area contributed by atoms with E-state index in [9.17, 15) is 4.79 Å². The Labute approximate surface area is 58.1 Å². The van der Waals surface area contributed by atoms with Gasteiger partial charge in [0.05, 0.1) is 12.2 Å². The molecule has 1 aliphatic rings. The van der Waals surface area contributed by atoms with E-state index in [0.29, 0.717) is 0 Å². The average Bonchev–Trinajstić information content (AvgIpc) is 1.82. The van der Waals surface area contributed by atoms with Crippen molar-refractivity contribution in [3.63, 3.8) is 0 Å². The molecular weight excluding hydrogens is 136 g/mol. The number of rotatable bonds is 0. The van der Waals surface area contributed by atoms with Gasteiger partial charge in [-0.15, -0.1) is 0 Å². The largest absolute Gasteiger partial charge is 0.393 e. The fourth-order valence-corrected chi connectivity index (χ4v) is 1.06. The molecule has 0 aromatic rings. The van der Waals surface area contributed by atoms with Gasteiger partial charge in [0.25, 0.3) is 0 Å². The maximum atomic E-state index is 10.6. The fraction of sp³-hybridized carbons (Fsp3) is 0.833. The summed E-state index contributed by atoms with van der Waals surface area (Å²) in [6.07, 6.45) is -3.11. The third-order valence-corrected chi connectivity index (χ3v) is 1.64. The van der Waals surface area contributed by atoms with Gasteiger partial charge >= 0.3 is 0 Å². The highest BCUT2D eigenvalue weighted by Crippen LogP contribution is 2.15. The Hall–Kier alpha value is -0.450. The molecule has 4 nitrogen and oxygen atoms in total. The summed E-state index contributed by atoms with van der Waals surface area (Å²) in [5.74, 6) is -0.480. The van der Waals surface area contributed by atoms with Crippen LogP contribution in [0.1, 0.15) is 12.8 Å². The predicted molar refractivity (Wildman–Crippen MR) is 32.3 cm³/mol. The van der Waals surface area contributed by atoms with E-state index in [4.69, 9.17) is 15.3 Å². The van der Waals surface area contributed by atoms with Gasteiger partial charge in [0, 0.05) is 12.8 Å². The topological polar surface area (TPSA) is 77.8 Å². The molecule has 0 heterocycles. The SMILES string of the molecule is O=C1CC(O)CC(O)C1O. The lowest BCUT2D eigenvalue weighted by Gasteiger charge is -2.25. The fourth-order valence-electron chi connectivity index (χ4n) is 1.06. The first-order chi connectivity index (χ1) is 4.61. The van der Waals surface area contributed by atoms with Crippen molar-refractivity contribution in [3.8, 4) is 0 Å². The van der Waals surface area contributed by atoms with Gasteiger partial charge in [-0.25, -0.2) is 0 Å². The molecule has 10 heavy (non-hydrogen) atoms. The van der Waals surface area contributed by atoms with Crippen LogP contribution in [0.25, 0.3) is 0 Å². The monoisotopic (exact) mass is 146 g/mol. The third kappa shape index (κ3) is 1.34. The van der Waals surface area contributed by atoms with Crippen molar-refractivity contribution in [1.29, 1.82) is 0 Å². The first kappa shape index (κ1) is 7.65. The molecule has 1 rings (SSSR count). The van der Waals surface area contributed by atoms with Gasteiger partial charge in [-0.05, 0) is 0 Å². The van der Waals surface area contributed by atoms with E-state index >= 15 is 0 Å². The molecule has 0 radical (unpaired) electrons. The van der Waals surface area contributed by atoms with Crippen LogP contribution in [0, 0.1) is 0 Å². The molecule has 3 N–H and O–H groups in total. The Balaban J connectivity index is 2.57. The number of carbonyl (C=O) groups excluding carboxylic acids is 1. The smallest absolute Gasteiger partial charge is 0.166 e. The van der Waals surface area contributed by atoms with Gasteiger partial charge in [-0.3, -0.25) is 4.79 Å². The summed E-state index contributed by atoms with van der Waals surface area (Å²) in [6.45, 7) is 0. The molecule has 0 aromatic carbocycles. The molecule has 1 saturated carbocycles. The zero-order chi connectivity index (χ0) is 7.72. The maximum absolute atomic E-state index is 10.6. The number of hydrogen-bond donors (Lipinski definition) is 3. The van der Waals surface area contributed by atoms with Crippen molar-refractivity contribution < 1.29 is 20.1 Å². The van der Waals surface area contributed by atoms with Crippen molar-refractivity contribution >= 4 is 5.78 Å². The highest BCUT2D eigenvalue weighted by Gasteiger charge is 2.32. The van der Waals surface area contributed by atoms with Gasteiger partial charge < -0.3 is 15.3 Å². The van der Waals surface area contributed by atoms with Crippen molar-refractivity contribution in [1.82, 2.24) is 0 Å². The number of aliphatic hydroxyl groups is 3. The summed E-state index contributed by atoms with van der Waals surface area (Å²) >= 11 is 0. The minimum atomic E-state index is -1.29. The highest BCUT2D eigenvalue weighted by atomic mass is 16.3. The second-order valence-electron chi connectivity index (χ2n) is 2.57. The van der Waals surface area contributed by atoms with E-state index in [1.807, 2.05) is 0 Å². The predicted octanol–water partition coefficient (Wildman–Crippen LogP) is -1.57. The van der Waals surface area contributed by atoms with Crippen LogP contribution in [0.15, 0.2) is 0 Å². The first-order valence-corrected chi connectivity index (χ1v) is 3.18. The van der Waals surface area contributed by atoms with Gasteiger partial charge in [-0.2, -0.15) is 0 Å². The molecule has 0 bridgehead atoms. The lowest BCUT2D eigenvalue weighted by Crippen LogP contribution is -2.43. The normalized spacial score (nSPS) is 41.9. The summed E-state index contributed by atoms with van der Waals surface area (Å²) in [5, 5.41) is 26.6. The van der Waals surface area contributed by atoms with E-state index in [2.05, 4.69) is 0 Å². The molecule has 3 unspecified atom stereocenters. The van der Waals surface area contributed by atoms with Gasteiger partial charge in [0.15, 0.2) is 5.78 Å². The number of carbonyl (C=O) groups is 1. The van der Waals surface area contributed by atoms with Crippen LogP contribution < -0.4 is 0 Å². The standard InChI is InChI=1S/C6H10O4/c7-3-1-4(8)6(10)5(9)2-3/h3-4,6-8,10H,1-2H2.